The van der Waals surface area contributed by atoms with Gasteiger partial charge in [-0.25, -0.2) is 4.98 Å². The minimum absolute atomic E-state index is 0.0130. The molecule has 3 heterocycles. The Hall–Kier alpha value is -1.85. The van der Waals surface area contributed by atoms with Crippen molar-refractivity contribution < 1.29 is 19.1 Å². The number of hydrogen-bond donors (Lipinski definition) is 3. The van der Waals surface area contributed by atoms with Crippen LogP contribution in [0.15, 0.2) is 22.5 Å². The van der Waals surface area contributed by atoms with Crippen LogP contribution in [0.2, 0.25) is 0 Å². The van der Waals surface area contributed by atoms with Crippen molar-refractivity contribution >= 4 is 58.6 Å². The van der Waals surface area contributed by atoms with E-state index in [1.807, 2.05) is 11.5 Å². The Labute approximate surface area is 188 Å². The highest BCUT2D eigenvalue weighted by Gasteiger charge is 2.39. The number of allylic oxidation sites excluding steroid dienone is 1. The van der Waals surface area contributed by atoms with Gasteiger partial charge >= 0.3 is 5.97 Å². The maximum absolute atomic E-state index is 12.6. The Kier molecular flexibility index (Phi) is 7.95. The Morgan fingerprint density at radius 3 is 3.00 bits per heavy atom. The van der Waals surface area contributed by atoms with Crippen LogP contribution < -0.4 is 10.6 Å². The Morgan fingerprint density at radius 1 is 1.37 bits per heavy atom. The lowest BCUT2D eigenvalue weighted by Crippen LogP contribution is -2.44. The van der Waals surface area contributed by atoms with Crippen LogP contribution in [-0.4, -0.2) is 57.5 Å². The minimum atomic E-state index is -0.909. The number of esters is 1. The van der Waals surface area contributed by atoms with Gasteiger partial charge in [0, 0.05) is 17.7 Å². The summed E-state index contributed by atoms with van der Waals surface area (Å²) in [7, 11) is 0. The van der Waals surface area contributed by atoms with Crippen LogP contribution in [0.3, 0.4) is 0 Å². The third kappa shape index (κ3) is 6.08. The number of thiol groups is 1. The Bertz CT molecular complexity index is 870. The predicted octanol–water partition coefficient (Wildman–Crippen LogP) is 1.71. The highest BCUT2D eigenvalue weighted by molar-refractivity contribution is 8.14. The van der Waals surface area contributed by atoms with Crippen LogP contribution in [0.1, 0.15) is 36.9 Å². The smallest absolute Gasteiger partial charge is 0.308 e. The van der Waals surface area contributed by atoms with Crippen molar-refractivity contribution in [2.45, 2.75) is 44.4 Å². The molecular formula is C19H24N4O4S3. The predicted molar refractivity (Wildman–Crippen MR) is 121 cm³/mol. The first-order chi connectivity index (χ1) is 14.4. The van der Waals surface area contributed by atoms with Gasteiger partial charge in [-0.05, 0) is 25.2 Å². The van der Waals surface area contributed by atoms with Crippen LogP contribution in [0.4, 0.5) is 0 Å². The molecule has 2 amide bonds. The number of nitrogens with zero attached hydrogens (tertiary/aromatic N) is 2. The lowest BCUT2D eigenvalue weighted by atomic mass is 10.1. The molecule has 162 valence electrons. The van der Waals surface area contributed by atoms with E-state index in [-0.39, 0.29) is 37.7 Å². The number of thiazole rings is 1. The number of carbonyl (C=O) groups is 3. The first-order valence-corrected chi connectivity index (χ1v) is 12.1. The molecule has 2 aliphatic heterocycles. The summed E-state index contributed by atoms with van der Waals surface area (Å²) in [5, 5.41) is 8.91. The minimum Gasteiger partial charge on any atom is -0.458 e. The van der Waals surface area contributed by atoms with Crippen LogP contribution in [0.5, 0.6) is 0 Å². The molecule has 0 spiro atoms. The molecule has 0 saturated heterocycles. The van der Waals surface area contributed by atoms with Crippen molar-refractivity contribution in [3.8, 4) is 0 Å². The van der Waals surface area contributed by atoms with Crippen molar-refractivity contribution in [3.05, 3.63) is 28.2 Å². The molecule has 2 aliphatic rings. The standard InChI is InChI=1S/C19H24N4O4S3/c1-19-11-30-17(23-19)13-10-29-15(22-13)9-21-14(24)8-12(4-2-3-7-28)27-16(25)5-6-20-18(19)26/h2,4,10,12,28H,3,5-9,11H2,1H3,(H,20,26)(H,21,24)/b4-2+/t12-,19+/m1/s1. The molecule has 4 bridgehead atoms. The normalized spacial score (nSPS) is 26.0. The first-order valence-electron chi connectivity index (χ1n) is 9.59. The summed E-state index contributed by atoms with van der Waals surface area (Å²) >= 11 is 7.04. The Balaban J connectivity index is 1.78. The zero-order valence-electron chi connectivity index (χ0n) is 16.6. The van der Waals surface area contributed by atoms with Crippen molar-refractivity contribution in [3.63, 3.8) is 0 Å². The maximum Gasteiger partial charge on any atom is 0.308 e. The lowest BCUT2D eigenvalue weighted by Gasteiger charge is -2.19. The molecule has 11 heteroatoms. The number of aliphatic imine (C=N–C) groups is 1. The fourth-order valence-electron chi connectivity index (χ4n) is 2.83. The fraction of sp³-hybridized carbons (Fsp3) is 0.526. The number of fused-ring (bicyclic) bond motifs is 4. The van der Waals surface area contributed by atoms with E-state index in [0.29, 0.717) is 28.7 Å². The average molecular weight is 469 g/mol. The van der Waals surface area contributed by atoms with Crippen molar-refractivity contribution in [1.29, 1.82) is 0 Å². The van der Waals surface area contributed by atoms with Gasteiger partial charge in [0.15, 0.2) is 0 Å². The quantitative estimate of drug-likeness (QED) is 0.354. The van der Waals surface area contributed by atoms with Crippen LogP contribution >= 0.6 is 35.7 Å². The highest BCUT2D eigenvalue weighted by atomic mass is 32.2. The summed E-state index contributed by atoms with van der Waals surface area (Å²) in [5.41, 5.74) is -0.199. The van der Waals surface area contributed by atoms with E-state index in [0.717, 1.165) is 5.01 Å². The van der Waals surface area contributed by atoms with E-state index >= 15 is 0 Å². The van der Waals surface area contributed by atoms with Gasteiger partial charge in [-0.1, -0.05) is 6.08 Å². The third-order valence-electron chi connectivity index (χ3n) is 4.47. The zero-order valence-corrected chi connectivity index (χ0v) is 19.1. The van der Waals surface area contributed by atoms with Gasteiger partial charge in [-0.3, -0.25) is 19.4 Å². The molecule has 0 unspecified atom stereocenters. The Morgan fingerprint density at radius 2 is 2.20 bits per heavy atom. The summed E-state index contributed by atoms with van der Waals surface area (Å²) < 4.78 is 5.44. The molecule has 0 saturated carbocycles. The number of nitrogens with one attached hydrogen (secondary N) is 2. The molecular weight excluding hydrogens is 444 g/mol. The molecule has 0 aliphatic carbocycles. The largest absolute Gasteiger partial charge is 0.458 e. The van der Waals surface area contributed by atoms with E-state index in [2.05, 4.69) is 33.2 Å². The number of thioether (sulfide) groups is 1. The van der Waals surface area contributed by atoms with Gasteiger partial charge in [0.1, 0.15) is 27.4 Å². The van der Waals surface area contributed by atoms with Crippen molar-refractivity contribution in [1.82, 2.24) is 15.6 Å². The first kappa shape index (κ1) is 22.8. The molecule has 0 aromatic carbocycles. The summed E-state index contributed by atoms with van der Waals surface area (Å²) in [6.07, 6.45) is 3.60. The second kappa shape index (κ2) is 10.5. The second-order valence-corrected chi connectivity index (χ2v) is 9.42. The fourth-order valence-corrected chi connectivity index (χ4v) is 4.91. The molecule has 30 heavy (non-hydrogen) atoms. The van der Waals surface area contributed by atoms with Gasteiger partial charge in [-0.15, -0.1) is 23.1 Å². The monoisotopic (exact) mass is 468 g/mol. The molecule has 0 radical (unpaired) electrons. The molecule has 2 N–H and O–H groups in total. The summed E-state index contributed by atoms with van der Waals surface area (Å²) in [4.78, 5) is 46.3. The zero-order chi connectivity index (χ0) is 21.6. The molecule has 8 nitrogen and oxygen atoms in total. The van der Waals surface area contributed by atoms with Crippen LogP contribution in [0.25, 0.3) is 0 Å². The summed E-state index contributed by atoms with van der Waals surface area (Å²) in [6, 6.07) is 0. The van der Waals surface area contributed by atoms with Crippen LogP contribution in [-0.2, 0) is 25.7 Å². The molecule has 1 aromatic heterocycles. The van der Waals surface area contributed by atoms with Gasteiger partial charge in [0.25, 0.3) is 0 Å². The second-order valence-electron chi connectivity index (χ2n) is 7.06. The maximum atomic E-state index is 12.6. The summed E-state index contributed by atoms with van der Waals surface area (Å²) in [5.74, 6) is 0.202. The van der Waals surface area contributed by atoms with Gasteiger partial charge in [-0.2, -0.15) is 12.6 Å². The highest BCUT2D eigenvalue weighted by Crippen LogP contribution is 2.31. The number of amides is 2. The molecule has 2 atom stereocenters. The van der Waals surface area contributed by atoms with Gasteiger partial charge < -0.3 is 15.4 Å². The lowest BCUT2D eigenvalue weighted by molar-refractivity contribution is -0.147. The van der Waals surface area contributed by atoms with E-state index in [9.17, 15) is 14.4 Å². The van der Waals surface area contributed by atoms with E-state index < -0.39 is 17.6 Å². The number of rotatable bonds is 3. The SMILES string of the molecule is C[C@@]12CSC(=N1)c1csc(n1)CNC(=O)C[C@@H](/C=C/CCS)OC(=O)CCNC2=O. The number of cyclic esters (lactones) is 1. The third-order valence-corrected chi connectivity index (χ3v) is 6.85. The average Bonchev–Trinajstić information content (AvgIpc) is 3.33. The van der Waals surface area contributed by atoms with E-state index in [1.165, 1.54) is 23.1 Å². The van der Waals surface area contributed by atoms with Crippen molar-refractivity contribution in [2.75, 3.05) is 18.1 Å². The molecule has 3 rings (SSSR count). The van der Waals surface area contributed by atoms with E-state index in [1.54, 1.807) is 13.0 Å². The number of hydrogen-bond acceptors (Lipinski definition) is 9. The van der Waals surface area contributed by atoms with Gasteiger partial charge in [0.05, 0.1) is 19.4 Å². The van der Waals surface area contributed by atoms with Gasteiger partial charge in [0.2, 0.25) is 11.8 Å². The van der Waals surface area contributed by atoms with Crippen LogP contribution in [0, 0.1) is 0 Å². The molecule has 0 fully saturated rings. The number of aromatic nitrogens is 1. The summed E-state index contributed by atoms with van der Waals surface area (Å²) in [6.45, 7) is 2.19. The van der Waals surface area contributed by atoms with E-state index in [4.69, 9.17) is 4.74 Å². The number of carbonyl (C=O) groups excluding carboxylic acids is 3. The topological polar surface area (TPSA) is 110 Å². The van der Waals surface area contributed by atoms with Crippen molar-refractivity contribution in [2.24, 2.45) is 4.99 Å². The number of ether oxygens (including phenoxy) is 1. The molecule has 1 aromatic rings.